The Kier molecular flexibility index (Phi) is 6.82. The molecule has 0 unspecified atom stereocenters. The summed E-state index contributed by atoms with van der Waals surface area (Å²) in [4.78, 5) is 27.2. The highest BCUT2D eigenvalue weighted by atomic mass is 32.1. The van der Waals surface area contributed by atoms with Crippen molar-refractivity contribution in [2.45, 2.75) is 12.8 Å². The number of carboxylic acid groups (broad SMARTS) is 2. The molecule has 5 aromatic rings. The molecule has 0 fully saturated rings. The van der Waals surface area contributed by atoms with Gasteiger partial charge in [0.15, 0.2) is 0 Å². The van der Waals surface area contributed by atoms with Crippen LogP contribution in [0.5, 0.6) is 0 Å². The van der Waals surface area contributed by atoms with E-state index < -0.39 is 17.8 Å². The van der Waals surface area contributed by atoms with Gasteiger partial charge in [0.25, 0.3) is 0 Å². The minimum absolute atomic E-state index is 0.172. The van der Waals surface area contributed by atoms with E-state index in [1.165, 1.54) is 40.1 Å². The zero-order chi connectivity index (χ0) is 25.2. The second-order valence-corrected chi connectivity index (χ2v) is 11.2. The summed E-state index contributed by atoms with van der Waals surface area (Å²) in [5, 5.41) is 18.9. The number of carboxylic acids is 2. The first-order valence-electron chi connectivity index (χ1n) is 11.0. The van der Waals surface area contributed by atoms with Gasteiger partial charge in [-0.25, -0.2) is 4.39 Å². The summed E-state index contributed by atoms with van der Waals surface area (Å²) in [7, 11) is 0. The second kappa shape index (κ2) is 10.2. The van der Waals surface area contributed by atoms with Gasteiger partial charge in [0, 0.05) is 19.5 Å². The van der Waals surface area contributed by atoms with Crippen molar-refractivity contribution in [1.29, 1.82) is 0 Å². The highest BCUT2D eigenvalue weighted by molar-refractivity contribution is 7.28. The number of halogens is 1. The number of thiophene rings is 3. The zero-order valence-electron chi connectivity index (χ0n) is 18.7. The van der Waals surface area contributed by atoms with Crippen LogP contribution in [0.25, 0.3) is 40.4 Å². The number of hydrogen-bond acceptors (Lipinski definition) is 5. The van der Waals surface area contributed by atoms with Gasteiger partial charge in [-0.1, -0.05) is 60.7 Å². The Balaban J connectivity index is 1.61. The van der Waals surface area contributed by atoms with Crippen LogP contribution in [0.4, 0.5) is 4.39 Å². The van der Waals surface area contributed by atoms with E-state index in [1.54, 1.807) is 0 Å². The molecule has 0 radical (unpaired) electrons. The van der Waals surface area contributed by atoms with Crippen LogP contribution in [-0.2, 0) is 22.4 Å². The van der Waals surface area contributed by atoms with Crippen LogP contribution in [0, 0.1) is 5.82 Å². The Morgan fingerprint density at radius 3 is 1.56 bits per heavy atom. The van der Waals surface area contributed by atoms with E-state index in [4.69, 9.17) is 0 Å². The molecule has 4 nitrogen and oxygen atoms in total. The molecule has 8 heteroatoms. The smallest absolute Gasteiger partial charge is 0.307 e. The standard InChI is InChI=1S/C28H19FO4S3/c29-20-15-23(26-18(13-24(30)31)11-21(34-26)16-7-3-1-4-8-16)36-28(20)27-19(14-25(32)33)12-22(35-27)17-9-5-2-6-10-17/h1-12,15H,13-14H2,(H,30,31)(H,32,33). The lowest BCUT2D eigenvalue weighted by Crippen LogP contribution is -1.99. The normalized spacial score (nSPS) is 11.0. The van der Waals surface area contributed by atoms with Gasteiger partial charge in [-0.3, -0.25) is 9.59 Å². The summed E-state index contributed by atoms with van der Waals surface area (Å²) in [6, 6.07) is 24.3. The first-order valence-corrected chi connectivity index (χ1v) is 13.4. The minimum Gasteiger partial charge on any atom is -0.481 e. The highest BCUT2D eigenvalue weighted by Gasteiger charge is 2.23. The molecule has 0 saturated heterocycles. The monoisotopic (exact) mass is 534 g/mol. The molecule has 0 aliphatic heterocycles. The fourth-order valence-corrected chi connectivity index (χ4v) is 7.68. The van der Waals surface area contributed by atoms with Crippen molar-refractivity contribution in [3.63, 3.8) is 0 Å². The van der Waals surface area contributed by atoms with Crippen LogP contribution in [0.15, 0.2) is 78.9 Å². The average Bonchev–Trinajstić information content (AvgIpc) is 3.56. The van der Waals surface area contributed by atoms with Gasteiger partial charge in [0.05, 0.1) is 22.6 Å². The van der Waals surface area contributed by atoms with Crippen molar-refractivity contribution in [3.8, 4) is 40.4 Å². The molecule has 0 bridgehead atoms. The van der Waals surface area contributed by atoms with Crippen molar-refractivity contribution < 1.29 is 24.2 Å². The predicted octanol–water partition coefficient (Wildman–Crippen LogP) is 7.93. The molecule has 0 saturated carbocycles. The van der Waals surface area contributed by atoms with Gasteiger partial charge in [0.1, 0.15) is 5.82 Å². The topological polar surface area (TPSA) is 74.6 Å². The van der Waals surface area contributed by atoms with Gasteiger partial charge in [-0.2, -0.15) is 0 Å². The Labute approximate surface area is 218 Å². The van der Waals surface area contributed by atoms with E-state index in [9.17, 15) is 19.8 Å². The maximum atomic E-state index is 15.4. The Morgan fingerprint density at radius 2 is 1.06 bits per heavy atom. The van der Waals surface area contributed by atoms with E-state index >= 15 is 4.39 Å². The van der Waals surface area contributed by atoms with Crippen LogP contribution in [0.1, 0.15) is 11.1 Å². The Morgan fingerprint density at radius 1 is 0.611 bits per heavy atom. The zero-order valence-corrected chi connectivity index (χ0v) is 21.2. The van der Waals surface area contributed by atoms with E-state index in [1.807, 2.05) is 72.8 Å². The summed E-state index contributed by atoms with van der Waals surface area (Å²) in [6.07, 6.45) is -0.387. The quantitative estimate of drug-likeness (QED) is 0.212. The summed E-state index contributed by atoms with van der Waals surface area (Å²) in [5.74, 6) is -2.39. The molecule has 5 rings (SSSR count). The summed E-state index contributed by atoms with van der Waals surface area (Å²) in [6.45, 7) is 0. The largest absolute Gasteiger partial charge is 0.481 e. The fourth-order valence-electron chi connectivity index (χ4n) is 3.97. The molecule has 0 atom stereocenters. The van der Waals surface area contributed by atoms with Gasteiger partial charge in [-0.15, -0.1) is 34.0 Å². The summed E-state index contributed by atoms with van der Waals surface area (Å²) >= 11 is 4.02. The molecule has 3 aromatic heterocycles. The number of aliphatic carboxylic acids is 2. The molecule has 36 heavy (non-hydrogen) atoms. The SMILES string of the molecule is O=C(O)Cc1cc(-c2ccccc2)sc1-c1cc(F)c(-c2sc(-c3ccccc3)cc2CC(=O)O)s1. The molecule has 0 spiro atoms. The van der Waals surface area contributed by atoms with E-state index in [0.717, 1.165) is 20.9 Å². The average molecular weight is 535 g/mol. The van der Waals surface area contributed by atoms with Crippen LogP contribution in [-0.4, -0.2) is 22.2 Å². The first kappa shape index (κ1) is 24.1. The molecule has 3 heterocycles. The van der Waals surface area contributed by atoms with Crippen molar-refractivity contribution in [2.75, 3.05) is 0 Å². The van der Waals surface area contributed by atoms with E-state index in [-0.39, 0.29) is 12.8 Å². The van der Waals surface area contributed by atoms with Crippen LogP contribution in [0.2, 0.25) is 0 Å². The predicted molar refractivity (Wildman–Crippen MR) is 144 cm³/mol. The lowest BCUT2D eigenvalue weighted by atomic mass is 10.1. The third kappa shape index (κ3) is 5.02. The minimum atomic E-state index is -0.986. The fraction of sp³-hybridized carbons (Fsp3) is 0.0714. The van der Waals surface area contributed by atoms with Crippen LogP contribution in [0.3, 0.4) is 0 Å². The number of hydrogen-bond donors (Lipinski definition) is 2. The maximum absolute atomic E-state index is 15.4. The lowest BCUT2D eigenvalue weighted by Gasteiger charge is -1.99. The Bertz CT molecular complexity index is 1550. The van der Waals surface area contributed by atoms with Crippen molar-refractivity contribution in [3.05, 3.63) is 95.8 Å². The van der Waals surface area contributed by atoms with Crippen LogP contribution >= 0.6 is 34.0 Å². The number of benzene rings is 2. The van der Waals surface area contributed by atoms with Gasteiger partial charge >= 0.3 is 11.9 Å². The van der Waals surface area contributed by atoms with Crippen molar-refractivity contribution in [1.82, 2.24) is 0 Å². The van der Waals surface area contributed by atoms with Gasteiger partial charge in [-0.05, 0) is 40.5 Å². The number of carbonyl (C=O) groups is 2. The van der Waals surface area contributed by atoms with Gasteiger partial charge in [0.2, 0.25) is 0 Å². The molecule has 2 aromatic carbocycles. The molecule has 0 amide bonds. The molecular formula is C28H19FO4S3. The third-order valence-corrected chi connectivity index (χ3v) is 9.44. The second-order valence-electron chi connectivity index (χ2n) is 8.09. The third-order valence-electron chi connectivity index (χ3n) is 5.53. The van der Waals surface area contributed by atoms with Crippen molar-refractivity contribution >= 4 is 45.9 Å². The molecular weight excluding hydrogens is 516 g/mol. The molecule has 180 valence electrons. The van der Waals surface area contributed by atoms with E-state index in [0.29, 0.717) is 30.6 Å². The molecule has 0 aliphatic rings. The van der Waals surface area contributed by atoms with Crippen LogP contribution < -0.4 is 0 Å². The van der Waals surface area contributed by atoms with Crippen molar-refractivity contribution in [2.24, 2.45) is 0 Å². The first-order chi connectivity index (χ1) is 17.4. The lowest BCUT2D eigenvalue weighted by molar-refractivity contribution is -0.137. The molecule has 0 aliphatic carbocycles. The maximum Gasteiger partial charge on any atom is 0.307 e. The summed E-state index contributed by atoms with van der Waals surface area (Å²) < 4.78 is 15.4. The van der Waals surface area contributed by atoms with E-state index in [2.05, 4.69) is 0 Å². The molecule has 2 N–H and O–H groups in total. The Hall–Kier alpha value is -3.59. The number of rotatable bonds is 8. The highest BCUT2D eigenvalue weighted by Crippen LogP contribution is 2.48. The summed E-state index contributed by atoms with van der Waals surface area (Å²) in [5.41, 5.74) is 3.08. The van der Waals surface area contributed by atoms with Gasteiger partial charge < -0.3 is 10.2 Å².